The van der Waals surface area contributed by atoms with E-state index in [0.29, 0.717) is 24.3 Å². The number of hydrogen-bond donors (Lipinski definition) is 1. The molecule has 9 heteroatoms. The Morgan fingerprint density at radius 1 is 1.20 bits per heavy atom. The molecule has 3 aromatic heterocycles. The molecule has 0 atom stereocenters. The Balaban J connectivity index is 1.39. The maximum Gasteiger partial charge on any atom is 0.229 e. The van der Waals surface area contributed by atoms with Crippen molar-refractivity contribution in [2.45, 2.75) is 70.5 Å². The van der Waals surface area contributed by atoms with Crippen molar-refractivity contribution in [2.75, 3.05) is 11.6 Å². The number of nitrogens with zero attached hydrogens (tertiary/aromatic N) is 5. The molecule has 0 aliphatic heterocycles. The number of allylic oxidation sites excluding steroid dienone is 1. The van der Waals surface area contributed by atoms with Gasteiger partial charge in [0.25, 0.3) is 0 Å². The van der Waals surface area contributed by atoms with E-state index in [1.54, 1.807) is 12.4 Å². The van der Waals surface area contributed by atoms with Crippen molar-refractivity contribution in [1.29, 1.82) is 0 Å². The number of aryl methyl sites for hydroxylation is 2. The molecule has 1 N–H and O–H groups in total. The van der Waals surface area contributed by atoms with Crippen LogP contribution in [0.15, 0.2) is 23.5 Å². The largest absolute Gasteiger partial charge is 0.336 e. The predicted molar refractivity (Wildman–Crippen MR) is 139 cm³/mol. The van der Waals surface area contributed by atoms with Crippen molar-refractivity contribution in [3.8, 4) is 0 Å². The summed E-state index contributed by atoms with van der Waals surface area (Å²) >= 11 is 1.50. The van der Waals surface area contributed by atoms with Crippen LogP contribution < -0.4 is 5.32 Å². The number of imidazole rings is 1. The van der Waals surface area contributed by atoms with E-state index in [1.165, 1.54) is 11.8 Å². The number of fused-ring (bicyclic) bond motifs is 3. The molecule has 0 saturated heterocycles. The van der Waals surface area contributed by atoms with Crippen molar-refractivity contribution in [1.82, 2.24) is 24.0 Å². The molecule has 3 aliphatic carbocycles. The molecular weight excluding hydrogens is 460 g/mol. The molecule has 0 radical (unpaired) electrons. The Morgan fingerprint density at radius 3 is 2.51 bits per heavy atom. The summed E-state index contributed by atoms with van der Waals surface area (Å²) in [6.45, 7) is 2.82. The smallest absolute Gasteiger partial charge is 0.229 e. The number of hydrogen-bond acceptors (Lipinski definition) is 6. The van der Waals surface area contributed by atoms with Gasteiger partial charge in [0.05, 0.1) is 23.3 Å². The third-order valence-corrected chi connectivity index (χ3v) is 7.98. The number of ketones is 1. The van der Waals surface area contributed by atoms with Gasteiger partial charge in [-0.1, -0.05) is 0 Å². The van der Waals surface area contributed by atoms with Gasteiger partial charge in [0.2, 0.25) is 5.91 Å². The van der Waals surface area contributed by atoms with Crippen molar-refractivity contribution < 1.29 is 9.59 Å². The number of nitrogens with one attached hydrogen (secondary N) is 1. The van der Waals surface area contributed by atoms with Gasteiger partial charge in [0.15, 0.2) is 11.6 Å². The van der Waals surface area contributed by atoms with Crippen LogP contribution in [0, 0.1) is 5.92 Å². The zero-order valence-corrected chi connectivity index (χ0v) is 21.4. The second-order valence-electron chi connectivity index (χ2n) is 10.1. The highest BCUT2D eigenvalue weighted by atomic mass is 32.2. The zero-order chi connectivity index (χ0) is 24.3. The molecule has 184 valence electrons. The van der Waals surface area contributed by atoms with Crippen LogP contribution in [0.3, 0.4) is 0 Å². The fourth-order valence-electron chi connectivity index (χ4n) is 5.09. The molecule has 3 fully saturated rings. The number of anilines is 1. The van der Waals surface area contributed by atoms with Gasteiger partial charge < -0.3 is 19.4 Å². The average Bonchev–Trinajstić information content (AvgIpc) is 3.71. The molecule has 35 heavy (non-hydrogen) atoms. The number of thioether (sulfide) groups is 1. The molecule has 3 heterocycles. The van der Waals surface area contributed by atoms with Crippen molar-refractivity contribution in [3.05, 3.63) is 29.2 Å². The fourth-order valence-corrected chi connectivity index (χ4v) is 5.52. The van der Waals surface area contributed by atoms with Crippen molar-refractivity contribution in [2.24, 2.45) is 13.0 Å². The Morgan fingerprint density at radius 2 is 1.91 bits per heavy atom. The van der Waals surface area contributed by atoms with Gasteiger partial charge in [0.1, 0.15) is 11.2 Å². The summed E-state index contributed by atoms with van der Waals surface area (Å²) in [5.74, 6) is 1.22. The number of carbonyl (C=O) groups excluding carboxylic acids is 2. The number of rotatable bonds is 10. The van der Waals surface area contributed by atoms with Gasteiger partial charge in [0, 0.05) is 48.8 Å². The van der Waals surface area contributed by atoms with Crippen LogP contribution in [0.4, 0.5) is 5.82 Å². The maximum absolute atomic E-state index is 13.3. The molecule has 8 nitrogen and oxygen atoms in total. The molecule has 3 aromatic rings. The summed E-state index contributed by atoms with van der Waals surface area (Å²) < 4.78 is 4.16. The molecule has 6 rings (SSSR count). The maximum atomic E-state index is 13.3. The van der Waals surface area contributed by atoms with E-state index in [9.17, 15) is 9.59 Å². The van der Waals surface area contributed by atoms with Gasteiger partial charge in [-0.15, -0.1) is 11.8 Å². The Bertz CT molecular complexity index is 1350. The summed E-state index contributed by atoms with van der Waals surface area (Å²) in [7, 11) is 1.98. The molecule has 3 saturated carbocycles. The predicted octanol–water partition coefficient (Wildman–Crippen LogP) is 4.23. The molecule has 0 unspecified atom stereocenters. The fraction of sp³-hybridized carbons (Fsp3) is 0.538. The van der Waals surface area contributed by atoms with Crippen molar-refractivity contribution in [3.63, 3.8) is 0 Å². The highest BCUT2D eigenvalue weighted by Gasteiger charge is 2.42. The topological polar surface area (TPSA) is 85.0 Å². The monoisotopic (exact) mass is 492 g/mol. The second-order valence-corrected chi connectivity index (χ2v) is 10.9. The van der Waals surface area contributed by atoms with E-state index < -0.39 is 0 Å². The summed E-state index contributed by atoms with van der Waals surface area (Å²) in [4.78, 5) is 37.5. The van der Waals surface area contributed by atoms with Crippen LogP contribution in [0.5, 0.6) is 0 Å². The van der Waals surface area contributed by atoms with Crippen LogP contribution >= 0.6 is 11.8 Å². The molecule has 1 amide bonds. The molecular formula is C26H32N6O2S. The van der Waals surface area contributed by atoms with Crippen LogP contribution in [0.1, 0.15) is 51.1 Å². The number of aromatic nitrogens is 4. The van der Waals surface area contributed by atoms with E-state index in [1.807, 2.05) is 17.9 Å². The van der Waals surface area contributed by atoms with E-state index >= 15 is 0 Å². The minimum atomic E-state index is 0.174. The third-order valence-electron chi connectivity index (χ3n) is 7.32. The lowest BCUT2D eigenvalue weighted by Gasteiger charge is -2.22. The van der Waals surface area contributed by atoms with E-state index in [0.717, 1.165) is 77.9 Å². The lowest BCUT2D eigenvalue weighted by molar-refractivity contribution is -0.131. The Kier molecular flexibility index (Phi) is 5.62. The summed E-state index contributed by atoms with van der Waals surface area (Å²) in [6, 6.07) is 3.02. The number of pyridine rings is 1. The Labute approximate surface area is 209 Å². The van der Waals surface area contributed by atoms with Crippen LogP contribution in [0.25, 0.3) is 22.1 Å². The molecule has 0 aromatic carbocycles. The van der Waals surface area contributed by atoms with Gasteiger partial charge in [-0.05, 0) is 57.8 Å². The highest BCUT2D eigenvalue weighted by Crippen LogP contribution is 2.38. The molecule has 0 bridgehead atoms. The zero-order valence-electron chi connectivity index (χ0n) is 20.6. The van der Waals surface area contributed by atoms with Gasteiger partial charge in [-0.25, -0.2) is 9.97 Å². The first kappa shape index (κ1) is 22.6. The normalized spacial score (nSPS) is 18.4. The summed E-state index contributed by atoms with van der Waals surface area (Å²) in [5, 5.41) is 5.16. The first-order valence-electron chi connectivity index (χ1n) is 12.7. The summed E-state index contributed by atoms with van der Waals surface area (Å²) in [6.07, 6.45) is 12.4. The minimum absolute atomic E-state index is 0.174. The SMILES string of the molecule is CCn1c(CC(=O)N(C2CC2)C2CC2)cc2c3c(ncn3C)c(N/C(=C/C(=O)C3CC3)SC)nc21. The van der Waals surface area contributed by atoms with Crippen LogP contribution in [-0.4, -0.2) is 54.0 Å². The lowest BCUT2D eigenvalue weighted by atomic mass is 10.2. The van der Waals surface area contributed by atoms with Gasteiger partial charge >= 0.3 is 0 Å². The minimum Gasteiger partial charge on any atom is -0.336 e. The van der Waals surface area contributed by atoms with Gasteiger partial charge in [-0.2, -0.15) is 0 Å². The number of amides is 1. The third kappa shape index (κ3) is 4.24. The van der Waals surface area contributed by atoms with E-state index in [4.69, 9.17) is 4.98 Å². The molecule has 0 spiro atoms. The molecule has 3 aliphatic rings. The average molecular weight is 493 g/mol. The van der Waals surface area contributed by atoms with Crippen LogP contribution in [0.2, 0.25) is 0 Å². The van der Waals surface area contributed by atoms with Crippen LogP contribution in [-0.2, 0) is 29.6 Å². The summed E-state index contributed by atoms with van der Waals surface area (Å²) in [5.41, 5.74) is 3.58. The standard InChI is InChI=1S/C26H32N6O2S/c1-4-31-18(12-22(34)32(16-7-8-16)17-9-10-17)11-19-24-23(27-14-30(24)2)25(29-26(19)31)28-21(35-3)13-20(33)15-5-6-15/h11,13-17H,4-10,12H2,1-3H3,(H,28,29)/b21-13-. The van der Waals surface area contributed by atoms with E-state index in [2.05, 4.69) is 32.8 Å². The Hall–Kier alpha value is -2.81. The first-order valence-corrected chi connectivity index (χ1v) is 13.9. The van der Waals surface area contributed by atoms with Gasteiger partial charge in [-0.3, -0.25) is 9.59 Å². The number of carbonyl (C=O) groups is 2. The lowest BCUT2D eigenvalue weighted by Crippen LogP contribution is -2.36. The van der Waals surface area contributed by atoms with Crippen molar-refractivity contribution >= 4 is 51.3 Å². The van der Waals surface area contributed by atoms with E-state index in [-0.39, 0.29) is 17.6 Å². The second kappa shape index (κ2) is 8.69. The first-order chi connectivity index (χ1) is 17.0. The quantitative estimate of drug-likeness (QED) is 0.426. The highest BCUT2D eigenvalue weighted by molar-refractivity contribution is 8.02.